The summed E-state index contributed by atoms with van der Waals surface area (Å²) in [5.74, 6) is -0.585. The van der Waals surface area contributed by atoms with Gasteiger partial charge in [-0.25, -0.2) is 9.37 Å². The Balaban J connectivity index is 1.49. The van der Waals surface area contributed by atoms with Crippen LogP contribution in [0.25, 0.3) is 16.9 Å². The van der Waals surface area contributed by atoms with Crippen molar-refractivity contribution in [2.75, 3.05) is 6.54 Å². The molecule has 28 heavy (non-hydrogen) atoms. The number of aromatic nitrogens is 2. The lowest BCUT2D eigenvalue weighted by Gasteiger charge is -2.12. The number of halogens is 1. The van der Waals surface area contributed by atoms with Gasteiger partial charge >= 0.3 is 0 Å². The second-order valence-corrected chi connectivity index (χ2v) is 6.45. The van der Waals surface area contributed by atoms with E-state index in [1.165, 1.54) is 12.1 Å². The minimum atomic E-state index is -0.771. The molecule has 140 valence electrons. The van der Waals surface area contributed by atoms with Gasteiger partial charge in [0.15, 0.2) is 0 Å². The van der Waals surface area contributed by atoms with Gasteiger partial charge in [-0.1, -0.05) is 30.3 Å². The van der Waals surface area contributed by atoms with Gasteiger partial charge in [0.25, 0.3) is 5.91 Å². The van der Waals surface area contributed by atoms with E-state index in [0.29, 0.717) is 16.9 Å². The highest BCUT2D eigenvalue weighted by Crippen LogP contribution is 2.20. The third-order valence-electron chi connectivity index (χ3n) is 4.49. The number of hydrogen-bond donors (Lipinski definition) is 2. The van der Waals surface area contributed by atoms with Crippen LogP contribution in [0.4, 0.5) is 4.39 Å². The predicted octanol–water partition coefficient (Wildman–Crippen LogP) is 3.60. The Morgan fingerprint density at radius 3 is 2.54 bits per heavy atom. The molecule has 0 aliphatic carbocycles. The van der Waals surface area contributed by atoms with Gasteiger partial charge in [0.05, 0.1) is 17.4 Å². The zero-order valence-electron chi connectivity index (χ0n) is 14.9. The van der Waals surface area contributed by atoms with E-state index in [9.17, 15) is 14.3 Å². The van der Waals surface area contributed by atoms with Crippen molar-refractivity contribution in [3.63, 3.8) is 0 Å². The number of imidazole rings is 1. The average Bonchev–Trinajstić information content (AvgIpc) is 3.16. The highest BCUT2D eigenvalue weighted by atomic mass is 19.1. The number of pyridine rings is 1. The highest BCUT2D eigenvalue weighted by Gasteiger charge is 2.12. The molecule has 6 heteroatoms. The smallest absolute Gasteiger partial charge is 0.252 e. The van der Waals surface area contributed by atoms with Crippen molar-refractivity contribution in [1.29, 1.82) is 0 Å². The van der Waals surface area contributed by atoms with Crippen molar-refractivity contribution in [2.24, 2.45) is 0 Å². The fourth-order valence-electron chi connectivity index (χ4n) is 2.97. The van der Waals surface area contributed by atoms with E-state index in [2.05, 4.69) is 10.3 Å². The van der Waals surface area contributed by atoms with Gasteiger partial charge in [-0.2, -0.15) is 0 Å². The minimum Gasteiger partial charge on any atom is -0.387 e. The lowest BCUT2D eigenvalue weighted by Crippen LogP contribution is -2.28. The third kappa shape index (κ3) is 3.77. The lowest BCUT2D eigenvalue weighted by molar-refractivity contribution is 0.0916. The normalized spacial score (nSPS) is 12.1. The highest BCUT2D eigenvalue weighted by molar-refractivity contribution is 5.94. The maximum atomic E-state index is 13.1. The van der Waals surface area contributed by atoms with Crippen LogP contribution in [-0.2, 0) is 0 Å². The summed E-state index contributed by atoms with van der Waals surface area (Å²) in [5.41, 5.74) is 3.37. The fourth-order valence-corrected chi connectivity index (χ4v) is 2.97. The molecule has 2 N–H and O–H groups in total. The monoisotopic (exact) mass is 375 g/mol. The van der Waals surface area contributed by atoms with Gasteiger partial charge in [0.2, 0.25) is 0 Å². The molecule has 0 radical (unpaired) electrons. The summed E-state index contributed by atoms with van der Waals surface area (Å²) in [7, 11) is 0. The topological polar surface area (TPSA) is 66.6 Å². The minimum absolute atomic E-state index is 0.117. The maximum Gasteiger partial charge on any atom is 0.252 e. The Kier molecular flexibility index (Phi) is 4.87. The lowest BCUT2D eigenvalue weighted by atomic mass is 10.1. The van der Waals surface area contributed by atoms with E-state index in [0.717, 1.165) is 11.1 Å². The molecule has 0 unspecified atom stereocenters. The van der Waals surface area contributed by atoms with E-state index >= 15 is 0 Å². The van der Waals surface area contributed by atoms with Crippen molar-refractivity contribution in [2.45, 2.75) is 6.10 Å². The molecular formula is C22H18FN3O2. The van der Waals surface area contributed by atoms with Crippen LogP contribution < -0.4 is 5.32 Å². The molecule has 0 aliphatic rings. The molecule has 2 aromatic heterocycles. The first kappa shape index (κ1) is 17.9. The number of amides is 1. The molecule has 0 saturated carbocycles. The van der Waals surface area contributed by atoms with Crippen LogP contribution in [0.3, 0.4) is 0 Å². The number of nitrogens with zero attached hydrogens (tertiary/aromatic N) is 2. The van der Waals surface area contributed by atoms with Crippen LogP contribution in [0.15, 0.2) is 79.1 Å². The van der Waals surface area contributed by atoms with Gasteiger partial charge in [0, 0.05) is 24.5 Å². The van der Waals surface area contributed by atoms with E-state index in [4.69, 9.17) is 0 Å². The van der Waals surface area contributed by atoms with Gasteiger partial charge < -0.3 is 14.8 Å². The van der Waals surface area contributed by atoms with Crippen molar-refractivity contribution in [3.8, 4) is 11.3 Å². The molecule has 4 rings (SSSR count). The zero-order chi connectivity index (χ0) is 19.5. The number of aliphatic hydroxyl groups is 1. The first-order valence-electron chi connectivity index (χ1n) is 8.86. The summed E-state index contributed by atoms with van der Waals surface area (Å²) in [6, 6.07) is 18.7. The van der Waals surface area contributed by atoms with Crippen LogP contribution in [0, 0.1) is 5.82 Å². The summed E-state index contributed by atoms with van der Waals surface area (Å²) >= 11 is 0. The average molecular weight is 375 g/mol. The molecule has 0 aliphatic heterocycles. The van der Waals surface area contributed by atoms with Crippen molar-refractivity contribution < 1.29 is 14.3 Å². The Labute approximate surface area is 161 Å². The predicted molar refractivity (Wildman–Crippen MR) is 104 cm³/mol. The zero-order valence-corrected chi connectivity index (χ0v) is 14.9. The second kappa shape index (κ2) is 7.62. The first-order chi connectivity index (χ1) is 13.6. The largest absolute Gasteiger partial charge is 0.387 e. The van der Waals surface area contributed by atoms with E-state index in [-0.39, 0.29) is 18.3 Å². The number of benzene rings is 2. The third-order valence-corrected chi connectivity index (χ3v) is 4.49. The van der Waals surface area contributed by atoms with Crippen molar-refractivity contribution in [3.05, 3.63) is 96.1 Å². The van der Waals surface area contributed by atoms with Crippen molar-refractivity contribution >= 4 is 11.6 Å². The molecule has 2 heterocycles. The molecule has 0 fully saturated rings. The van der Waals surface area contributed by atoms with E-state index in [1.54, 1.807) is 41.1 Å². The van der Waals surface area contributed by atoms with Crippen LogP contribution in [-0.4, -0.2) is 26.9 Å². The summed E-state index contributed by atoms with van der Waals surface area (Å²) in [5, 5.41) is 12.9. The summed E-state index contributed by atoms with van der Waals surface area (Å²) < 4.78 is 14.8. The van der Waals surface area contributed by atoms with Gasteiger partial charge in [-0.3, -0.25) is 4.79 Å². The Bertz CT molecular complexity index is 1110. The molecule has 1 amide bonds. The number of carbonyl (C=O) groups excluding carboxylic acids is 1. The number of hydrogen-bond acceptors (Lipinski definition) is 3. The number of fused-ring (bicyclic) bond motifs is 1. The molecule has 2 aromatic carbocycles. The molecule has 1 atom stereocenters. The quantitative estimate of drug-likeness (QED) is 0.560. The van der Waals surface area contributed by atoms with Crippen LogP contribution in [0.5, 0.6) is 0 Å². The summed E-state index contributed by atoms with van der Waals surface area (Å²) in [6.45, 7) is 0.117. The maximum absolute atomic E-state index is 13.1. The van der Waals surface area contributed by atoms with Crippen LogP contribution >= 0.6 is 0 Å². The SMILES string of the molecule is O=C(NC[C@@H](O)c1ccccc1)c1ccc2nc(-c3ccc(F)cc3)cn2c1. The number of rotatable bonds is 5. The second-order valence-electron chi connectivity index (χ2n) is 6.45. The Hall–Kier alpha value is -3.51. The summed E-state index contributed by atoms with van der Waals surface area (Å²) in [4.78, 5) is 16.9. The molecule has 0 spiro atoms. The number of aliphatic hydroxyl groups excluding tert-OH is 1. The molecule has 4 aromatic rings. The van der Waals surface area contributed by atoms with Gasteiger partial charge in [-0.15, -0.1) is 0 Å². The van der Waals surface area contributed by atoms with E-state index in [1.807, 2.05) is 30.3 Å². The molecular weight excluding hydrogens is 357 g/mol. The molecule has 0 saturated heterocycles. The molecule has 0 bridgehead atoms. The first-order valence-corrected chi connectivity index (χ1v) is 8.86. The van der Waals surface area contributed by atoms with Crippen LogP contribution in [0.1, 0.15) is 22.0 Å². The van der Waals surface area contributed by atoms with Gasteiger partial charge in [0.1, 0.15) is 11.5 Å². The Morgan fingerprint density at radius 1 is 1.04 bits per heavy atom. The van der Waals surface area contributed by atoms with Crippen molar-refractivity contribution in [1.82, 2.24) is 14.7 Å². The Morgan fingerprint density at radius 2 is 1.79 bits per heavy atom. The van der Waals surface area contributed by atoms with Gasteiger partial charge in [-0.05, 0) is 42.0 Å². The fraction of sp³-hybridized carbons (Fsp3) is 0.0909. The van der Waals surface area contributed by atoms with E-state index < -0.39 is 6.10 Å². The van der Waals surface area contributed by atoms with Crippen LogP contribution in [0.2, 0.25) is 0 Å². The summed E-state index contributed by atoms with van der Waals surface area (Å²) in [6.07, 6.45) is 2.70. The number of carbonyl (C=O) groups is 1. The number of nitrogens with one attached hydrogen (secondary N) is 1. The standard InChI is InChI=1S/C22H18FN3O2/c23-18-9-6-15(7-10-18)19-14-26-13-17(8-11-21(26)25-19)22(28)24-12-20(27)16-4-2-1-3-5-16/h1-11,13-14,20,27H,12H2,(H,24,28)/t20-/m1/s1. The molecule has 5 nitrogen and oxygen atoms in total.